The Kier molecular flexibility index (Phi) is 7.90. The average molecular weight is 522 g/mol. The highest BCUT2D eigenvalue weighted by Gasteiger charge is 2.22. The number of sulfone groups is 1. The zero-order valence-electron chi connectivity index (χ0n) is 22.1. The fourth-order valence-corrected chi connectivity index (χ4v) is 6.15. The summed E-state index contributed by atoms with van der Waals surface area (Å²) in [6.45, 7) is 7.78. The molecule has 1 unspecified atom stereocenters. The van der Waals surface area contributed by atoms with Gasteiger partial charge in [0.1, 0.15) is 5.75 Å². The molecule has 7 nitrogen and oxygen atoms in total. The normalized spacial score (nSPS) is 14.5. The van der Waals surface area contributed by atoms with Gasteiger partial charge in [0.15, 0.2) is 9.84 Å². The Morgan fingerprint density at radius 3 is 2.51 bits per heavy atom. The Labute approximate surface area is 219 Å². The number of nitrogens with one attached hydrogen (secondary N) is 2. The highest BCUT2D eigenvalue weighted by atomic mass is 32.2. The number of benzene rings is 3. The molecule has 0 bridgehead atoms. The fraction of sp³-hybridized carbons (Fsp3) is 0.345. The fourth-order valence-electron chi connectivity index (χ4n) is 4.80. The Hall–Kier alpha value is -3.36. The maximum absolute atomic E-state index is 13.2. The summed E-state index contributed by atoms with van der Waals surface area (Å²) in [7, 11) is 0.0264. The summed E-state index contributed by atoms with van der Waals surface area (Å²) in [5.41, 5.74) is 6.89. The van der Waals surface area contributed by atoms with Crippen molar-refractivity contribution in [3.63, 3.8) is 0 Å². The minimum atomic E-state index is -3.61. The highest BCUT2D eigenvalue weighted by Crippen LogP contribution is 2.30. The number of aryl methyl sites for hydroxylation is 1. The molecule has 0 saturated carbocycles. The first-order valence-electron chi connectivity index (χ1n) is 12.4. The van der Waals surface area contributed by atoms with Crippen molar-refractivity contribution in [2.24, 2.45) is 0 Å². The van der Waals surface area contributed by atoms with E-state index in [2.05, 4.69) is 22.6 Å². The number of hydrogen-bond acceptors (Lipinski definition) is 5. The van der Waals surface area contributed by atoms with Crippen LogP contribution in [0.5, 0.6) is 5.75 Å². The second-order valence-electron chi connectivity index (χ2n) is 9.81. The zero-order chi connectivity index (χ0) is 26.7. The van der Waals surface area contributed by atoms with E-state index in [0.29, 0.717) is 17.0 Å². The molecule has 0 spiro atoms. The zero-order valence-corrected chi connectivity index (χ0v) is 22.9. The summed E-state index contributed by atoms with van der Waals surface area (Å²) >= 11 is 0. The lowest BCUT2D eigenvalue weighted by atomic mass is 9.97. The second-order valence-corrected chi connectivity index (χ2v) is 11.8. The molecule has 1 aliphatic heterocycles. The molecule has 3 aromatic carbocycles. The standard InChI is InChI=1S/C29H35N3O4S/c1-19-7-6-8-27(20(19)2)21(3)30-29(33)31-25-9-11-26(12-10-25)37(34,35)18-24-15-22-13-14-32(4)17-23(22)16-28(24)36-5/h6-12,15-16,21H,13-14,17-18H2,1-5H3,(H2,30,31,33). The van der Waals surface area contributed by atoms with Gasteiger partial charge in [-0.3, -0.25) is 0 Å². The predicted molar refractivity (Wildman–Crippen MR) is 147 cm³/mol. The van der Waals surface area contributed by atoms with Crippen LogP contribution in [0.1, 0.15) is 46.3 Å². The quantitative estimate of drug-likeness (QED) is 0.449. The first kappa shape index (κ1) is 26.7. The molecule has 4 rings (SSSR count). The van der Waals surface area contributed by atoms with E-state index in [-0.39, 0.29) is 22.7 Å². The van der Waals surface area contributed by atoms with E-state index in [9.17, 15) is 13.2 Å². The number of rotatable bonds is 7. The van der Waals surface area contributed by atoms with Crippen LogP contribution >= 0.6 is 0 Å². The highest BCUT2D eigenvalue weighted by molar-refractivity contribution is 7.90. The van der Waals surface area contributed by atoms with Crippen LogP contribution in [0.4, 0.5) is 10.5 Å². The lowest BCUT2D eigenvalue weighted by molar-refractivity contribution is 0.249. The molecule has 2 N–H and O–H groups in total. The minimum absolute atomic E-state index is 0.153. The number of carbonyl (C=O) groups excluding carboxylic acids is 1. The van der Waals surface area contributed by atoms with Gasteiger partial charge in [-0.1, -0.05) is 24.3 Å². The number of carbonyl (C=O) groups is 1. The summed E-state index contributed by atoms with van der Waals surface area (Å²) in [4.78, 5) is 15.0. The third kappa shape index (κ3) is 6.14. The lowest BCUT2D eigenvalue weighted by Crippen LogP contribution is -2.31. The van der Waals surface area contributed by atoms with Crippen molar-refractivity contribution in [3.8, 4) is 5.75 Å². The maximum atomic E-state index is 13.2. The van der Waals surface area contributed by atoms with Gasteiger partial charge in [0.2, 0.25) is 0 Å². The molecule has 0 radical (unpaired) electrons. The second kappa shape index (κ2) is 10.9. The minimum Gasteiger partial charge on any atom is -0.496 e. The van der Waals surface area contributed by atoms with Crippen LogP contribution in [0.15, 0.2) is 59.5 Å². The number of nitrogens with zero attached hydrogens (tertiary/aromatic N) is 1. The van der Waals surface area contributed by atoms with Gasteiger partial charge in [0.05, 0.1) is 23.8 Å². The van der Waals surface area contributed by atoms with Crippen LogP contribution in [0.25, 0.3) is 0 Å². The molecule has 37 heavy (non-hydrogen) atoms. The van der Waals surface area contributed by atoms with Gasteiger partial charge in [0, 0.05) is 24.3 Å². The third-order valence-corrected chi connectivity index (χ3v) is 8.76. The molecule has 0 fully saturated rings. The van der Waals surface area contributed by atoms with E-state index in [1.165, 1.54) is 28.8 Å². The van der Waals surface area contributed by atoms with Crippen LogP contribution in [-0.4, -0.2) is 40.1 Å². The van der Waals surface area contributed by atoms with Gasteiger partial charge in [-0.25, -0.2) is 13.2 Å². The van der Waals surface area contributed by atoms with Gasteiger partial charge in [-0.2, -0.15) is 0 Å². The summed E-state index contributed by atoms with van der Waals surface area (Å²) in [5.74, 6) is 0.436. The predicted octanol–water partition coefficient (Wildman–Crippen LogP) is 5.16. The van der Waals surface area contributed by atoms with Gasteiger partial charge in [0.25, 0.3) is 0 Å². The molecule has 3 aromatic rings. The van der Waals surface area contributed by atoms with E-state index >= 15 is 0 Å². The molecule has 196 valence electrons. The number of fused-ring (bicyclic) bond motifs is 1. The largest absolute Gasteiger partial charge is 0.496 e. The van der Waals surface area contributed by atoms with Crippen LogP contribution in [0.3, 0.4) is 0 Å². The topological polar surface area (TPSA) is 87.7 Å². The smallest absolute Gasteiger partial charge is 0.319 e. The number of amides is 2. The SMILES string of the molecule is COc1cc2c(cc1CS(=O)(=O)c1ccc(NC(=O)NC(C)c3cccc(C)c3C)cc1)CCN(C)C2. The van der Waals surface area contributed by atoms with Gasteiger partial charge >= 0.3 is 6.03 Å². The third-order valence-electron chi connectivity index (χ3n) is 7.08. The number of likely N-dealkylation sites (N-methyl/N-ethyl adjacent to an activating group) is 1. The van der Waals surface area contributed by atoms with Gasteiger partial charge in [-0.05, 0) is 92.4 Å². The van der Waals surface area contributed by atoms with Crippen molar-refractivity contribution in [3.05, 3.63) is 88.0 Å². The van der Waals surface area contributed by atoms with Crippen molar-refractivity contribution >= 4 is 21.6 Å². The molecular formula is C29H35N3O4S. The lowest BCUT2D eigenvalue weighted by Gasteiger charge is -2.26. The molecule has 8 heteroatoms. The summed E-state index contributed by atoms with van der Waals surface area (Å²) in [6.07, 6.45) is 0.882. The van der Waals surface area contributed by atoms with Crippen molar-refractivity contribution in [1.82, 2.24) is 10.2 Å². The van der Waals surface area contributed by atoms with Crippen LogP contribution in [-0.2, 0) is 28.6 Å². The number of hydrogen-bond donors (Lipinski definition) is 2. The van der Waals surface area contributed by atoms with E-state index in [1.54, 1.807) is 19.2 Å². The van der Waals surface area contributed by atoms with E-state index in [1.807, 2.05) is 51.1 Å². The Morgan fingerprint density at radius 2 is 1.81 bits per heavy atom. The molecular weight excluding hydrogens is 486 g/mol. The van der Waals surface area contributed by atoms with Crippen molar-refractivity contribution < 1.29 is 17.9 Å². The monoisotopic (exact) mass is 521 g/mol. The van der Waals surface area contributed by atoms with E-state index in [4.69, 9.17) is 4.74 Å². The van der Waals surface area contributed by atoms with E-state index < -0.39 is 9.84 Å². The Morgan fingerprint density at radius 1 is 1.08 bits per heavy atom. The Bertz CT molecular complexity index is 1400. The summed E-state index contributed by atoms with van der Waals surface area (Å²) in [6, 6.07) is 15.7. The van der Waals surface area contributed by atoms with Crippen LogP contribution in [0.2, 0.25) is 0 Å². The van der Waals surface area contributed by atoms with Crippen LogP contribution < -0.4 is 15.4 Å². The number of urea groups is 1. The first-order valence-corrected chi connectivity index (χ1v) is 14.1. The molecule has 0 aliphatic carbocycles. The van der Waals surface area contributed by atoms with Crippen molar-refractivity contribution in [1.29, 1.82) is 0 Å². The van der Waals surface area contributed by atoms with Gasteiger partial charge < -0.3 is 20.3 Å². The van der Waals surface area contributed by atoms with Gasteiger partial charge in [-0.15, -0.1) is 0 Å². The molecule has 0 aromatic heterocycles. The van der Waals surface area contributed by atoms with Crippen molar-refractivity contribution in [2.45, 2.75) is 50.4 Å². The first-order chi connectivity index (χ1) is 17.6. The summed E-state index contributed by atoms with van der Waals surface area (Å²) in [5, 5.41) is 5.74. The molecule has 1 aliphatic rings. The molecule has 1 heterocycles. The summed E-state index contributed by atoms with van der Waals surface area (Å²) < 4.78 is 32.0. The van der Waals surface area contributed by atoms with Crippen LogP contribution in [0, 0.1) is 13.8 Å². The maximum Gasteiger partial charge on any atom is 0.319 e. The van der Waals surface area contributed by atoms with Crippen molar-refractivity contribution in [2.75, 3.05) is 26.0 Å². The molecule has 0 saturated heterocycles. The Balaban J connectivity index is 1.44. The number of anilines is 1. The number of methoxy groups -OCH3 is 1. The number of ether oxygens (including phenoxy) is 1. The molecule has 2 amide bonds. The average Bonchev–Trinajstić information content (AvgIpc) is 2.85. The molecule has 1 atom stereocenters. The van der Waals surface area contributed by atoms with E-state index in [0.717, 1.165) is 30.6 Å².